The highest BCUT2D eigenvalue weighted by Gasteiger charge is 2.36. The van der Waals surface area contributed by atoms with Gasteiger partial charge in [0.15, 0.2) is 0 Å². The summed E-state index contributed by atoms with van der Waals surface area (Å²) in [5.74, 6) is 0. The maximum atomic E-state index is 2.50. The Morgan fingerprint density at radius 1 is 0.357 bits per heavy atom. The van der Waals surface area contributed by atoms with E-state index in [-0.39, 0.29) is 5.41 Å². The fourth-order valence-electron chi connectivity index (χ4n) is 9.28. The molecule has 0 aliphatic heterocycles. The van der Waals surface area contributed by atoms with E-state index in [1.165, 1.54) is 88.3 Å². The minimum atomic E-state index is -0.135. The van der Waals surface area contributed by atoms with Crippen molar-refractivity contribution in [2.24, 2.45) is 0 Å². The molecule has 0 spiro atoms. The molecule has 0 aromatic heterocycles. The molecule has 9 aromatic rings. The Labute approximate surface area is 330 Å². The van der Waals surface area contributed by atoms with E-state index < -0.39 is 0 Å². The zero-order chi connectivity index (χ0) is 38.0. The number of aryl methyl sites for hydroxylation is 2. The van der Waals surface area contributed by atoms with Gasteiger partial charge in [0, 0.05) is 22.4 Å². The quantitative estimate of drug-likeness (QED) is 0.166. The second-order valence-corrected chi connectivity index (χ2v) is 15.8. The lowest BCUT2D eigenvalue weighted by atomic mass is 9.82. The van der Waals surface area contributed by atoms with E-state index in [9.17, 15) is 0 Å². The number of hydrogen-bond donors (Lipinski definition) is 0. The molecular weight excluding hydrogens is 675 g/mol. The molecule has 10 rings (SSSR count). The molecule has 9 aromatic carbocycles. The van der Waals surface area contributed by atoms with Gasteiger partial charge >= 0.3 is 0 Å². The first kappa shape index (κ1) is 33.8. The van der Waals surface area contributed by atoms with Gasteiger partial charge < -0.3 is 4.90 Å². The monoisotopic (exact) mass is 717 g/mol. The van der Waals surface area contributed by atoms with E-state index in [2.05, 4.69) is 221 Å². The molecule has 1 aliphatic carbocycles. The van der Waals surface area contributed by atoms with Crippen LogP contribution in [0.3, 0.4) is 0 Å². The Morgan fingerprint density at radius 2 is 0.875 bits per heavy atom. The van der Waals surface area contributed by atoms with Crippen LogP contribution in [0.1, 0.15) is 36.1 Å². The van der Waals surface area contributed by atoms with Gasteiger partial charge in [-0.2, -0.15) is 0 Å². The van der Waals surface area contributed by atoms with E-state index in [0.29, 0.717) is 0 Å². The molecule has 1 aliphatic rings. The third-order valence-corrected chi connectivity index (χ3v) is 12.2. The van der Waals surface area contributed by atoms with Crippen LogP contribution in [0.15, 0.2) is 188 Å². The first-order chi connectivity index (χ1) is 27.4. The van der Waals surface area contributed by atoms with Crippen LogP contribution < -0.4 is 4.90 Å². The summed E-state index contributed by atoms with van der Waals surface area (Å²) in [6.07, 6.45) is 0. The SMILES string of the molecule is Cc1ccc(-c2cccc(N(c3ccc(-c4ccccc4)cc3)c3ccc4c(c3)C(C)(C)c3ccccc3-4)c2-c2ccc(C)c3ccccc23)c2ccccc12. The van der Waals surface area contributed by atoms with Gasteiger partial charge in [-0.05, 0) is 127 Å². The fraction of sp³-hybridized carbons (Fsp3) is 0.0909. The summed E-state index contributed by atoms with van der Waals surface area (Å²) in [7, 11) is 0. The van der Waals surface area contributed by atoms with Crippen molar-refractivity contribution in [3.05, 3.63) is 210 Å². The van der Waals surface area contributed by atoms with Crippen molar-refractivity contribution < 1.29 is 0 Å². The first-order valence-electron chi connectivity index (χ1n) is 19.7. The van der Waals surface area contributed by atoms with Crippen molar-refractivity contribution >= 4 is 38.6 Å². The highest BCUT2D eigenvalue weighted by molar-refractivity contribution is 6.10. The Balaban J connectivity index is 1.28. The topological polar surface area (TPSA) is 3.24 Å². The fourth-order valence-corrected chi connectivity index (χ4v) is 9.28. The van der Waals surface area contributed by atoms with E-state index >= 15 is 0 Å². The lowest BCUT2D eigenvalue weighted by molar-refractivity contribution is 0.660. The van der Waals surface area contributed by atoms with Gasteiger partial charge in [0.1, 0.15) is 0 Å². The normalized spacial score (nSPS) is 12.8. The van der Waals surface area contributed by atoms with Gasteiger partial charge in [-0.15, -0.1) is 0 Å². The number of hydrogen-bond acceptors (Lipinski definition) is 1. The number of nitrogens with zero attached hydrogens (tertiary/aromatic N) is 1. The van der Waals surface area contributed by atoms with Crippen molar-refractivity contribution in [1.82, 2.24) is 0 Å². The molecule has 0 N–H and O–H groups in total. The summed E-state index contributed by atoms with van der Waals surface area (Å²) in [5.41, 5.74) is 18.5. The van der Waals surface area contributed by atoms with Crippen LogP contribution in [0.25, 0.3) is 66.1 Å². The largest absolute Gasteiger partial charge is 0.310 e. The summed E-state index contributed by atoms with van der Waals surface area (Å²) < 4.78 is 0. The predicted molar refractivity (Wildman–Crippen MR) is 239 cm³/mol. The van der Waals surface area contributed by atoms with Crippen LogP contribution >= 0.6 is 0 Å². The number of fused-ring (bicyclic) bond motifs is 5. The van der Waals surface area contributed by atoms with E-state index in [1.54, 1.807) is 0 Å². The highest BCUT2D eigenvalue weighted by atomic mass is 15.1. The van der Waals surface area contributed by atoms with E-state index in [1.807, 2.05) is 0 Å². The minimum Gasteiger partial charge on any atom is -0.310 e. The molecule has 0 saturated heterocycles. The van der Waals surface area contributed by atoms with Gasteiger partial charge in [-0.25, -0.2) is 0 Å². The number of anilines is 3. The lowest BCUT2D eigenvalue weighted by Gasteiger charge is -2.31. The molecule has 56 heavy (non-hydrogen) atoms. The van der Waals surface area contributed by atoms with Crippen molar-refractivity contribution in [2.45, 2.75) is 33.1 Å². The van der Waals surface area contributed by atoms with E-state index in [4.69, 9.17) is 0 Å². The van der Waals surface area contributed by atoms with Crippen LogP contribution in [0, 0.1) is 13.8 Å². The summed E-state index contributed by atoms with van der Waals surface area (Å²) in [4.78, 5) is 2.50. The third kappa shape index (κ3) is 5.38. The van der Waals surface area contributed by atoms with Crippen molar-refractivity contribution in [2.75, 3.05) is 4.90 Å². The maximum Gasteiger partial charge on any atom is 0.0546 e. The van der Waals surface area contributed by atoms with Crippen LogP contribution in [0.5, 0.6) is 0 Å². The van der Waals surface area contributed by atoms with Gasteiger partial charge in [0.2, 0.25) is 0 Å². The second-order valence-electron chi connectivity index (χ2n) is 15.8. The molecule has 1 heteroatoms. The predicted octanol–water partition coefficient (Wildman–Crippen LogP) is 15.4. The molecule has 268 valence electrons. The summed E-state index contributed by atoms with van der Waals surface area (Å²) in [5, 5.41) is 5.07. The Hall–Kier alpha value is -6.70. The number of benzene rings is 9. The van der Waals surface area contributed by atoms with Gasteiger partial charge in [-0.1, -0.05) is 172 Å². The Morgan fingerprint density at radius 3 is 1.59 bits per heavy atom. The van der Waals surface area contributed by atoms with Crippen molar-refractivity contribution in [1.29, 1.82) is 0 Å². The minimum absolute atomic E-state index is 0.135. The van der Waals surface area contributed by atoms with Gasteiger partial charge in [0.25, 0.3) is 0 Å². The Kier molecular flexibility index (Phi) is 8.01. The molecule has 0 unspecified atom stereocenters. The molecule has 0 atom stereocenters. The molecule has 0 saturated carbocycles. The zero-order valence-electron chi connectivity index (χ0n) is 32.3. The highest BCUT2D eigenvalue weighted by Crippen LogP contribution is 2.53. The molecule has 0 heterocycles. The second kappa shape index (κ2) is 13.3. The lowest BCUT2D eigenvalue weighted by Crippen LogP contribution is -2.17. The van der Waals surface area contributed by atoms with Crippen LogP contribution in [0.4, 0.5) is 17.1 Å². The Bertz CT molecular complexity index is 2950. The summed E-state index contributed by atoms with van der Waals surface area (Å²) >= 11 is 0. The summed E-state index contributed by atoms with van der Waals surface area (Å²) in [6.45, 7) is 9.17. The summed E-state index contributed by atoms with van der Waals surface area (Å²) in [6, 6.07) is 69.7. The zero-order valence-corrected chi connectivity index (χ0v) is 32.3. The standard InChI is InChI=1S/C55H43N/c1-36-25-32-46(44-19-10-8-17-42(36)44)49-22-14-24-53(54(49)50-33-26-37(2)43-18-9-11-20-45(43)50)56(40-29-27-39(28-30-40)38-15-6-5-7-16-38)41-31-34-48-47-21-12-13-23-51(47)55(3,4)52(48)35-41/h5-35H,1-4H3. The van der Waals surface area contributed by atoms with Crippen molar-refractivity contribution in [3.8, 4) is 44.5 Å². The molecule has 0 amide bonds. The van der Waals surface area contributed by atoms with E-state index in [0.717, 1.165) is 17.1 Å². The average Bonchev–Trinajstić information content (AvgIpc) is 3.47. The van der Waals surface area contributed by atoms with Crippen LogP contribution in [0.2, 0.25) is 0 Å². The van der Waals surface area contributed by atoms with Crippen LogP contribution in [-0.2, 0) is 5.41 Å². The third-order valence-electron chi connectivity index (χ3n) is 12.2. The molecule has 0 radical (unpaired) electrons. The molecule has 1 nitrogen and oxygen atoms in total. The molecule has 0 fully saturated rings. The van der Waals surface area contributed by atoms with Gasteiger partial charge in [-0.3, -0.25) is 0 Å². The van der Waals surface area contributed by atoms with Crippen molar-refractivity contribution in [3.63, 3.8) is 0 Å². The maximum absolute atomic E-state index is 2.50. The first-order valence-corrected chi connectivity index (χ1v) is 19.7. The molecular formula is C55H43N. The van der Waals surface area contributed by atoms with Crippen LogP contribution in [-0.4, -0.2) is 0 Å². The smallest absolute Gasteiger partial charge is 0.0546 e. The number of rotatable bonds is 6. The van der Waals surface area contributed by atoms with Gasteiger partial charge in [0.05, 0.1) is 5.69 Å². The molecule has 0 bridgehead atoms. The average molecular weight is 718 g/mol.